The maximum Gasteiger partial charge on any atom is 0.431 e. The van der Waals surface area contributed by atoms with Crippen molar-refractivity contribution in [3.8, 4) is 11.8 Å². The van der Waals surface area contributed by atoms with E-state index in [0.717, 1.165) is 11.6 Å². The second-order valence-electron chi connectivity index (χ2n) is 7.98. The molecule has 0 radical (unpaired) electrons. The van der Waals surface area contributed by atoms with E-state index >= 15 is 0 Å². The Labute approximate surface area is 176 Å². The van der Waals surface area contributed by atoms with Gasteiger partial charge >= 0.3 is 6.18 Å². The quantitative estimate of drug-likeness (QED) is 0.619. The van der Waals surface area contributed by atoms with Crippen molar-refractivity contribution in [3.05, 3.63) is 47.9 Å². The standard InChI is InChI=1S/C21H20F3N5O2/c1-20(2,9-25)10-31-15-8-30-14-6-4-3-5-12(14)17(15)29-19-13-7-16(21(22,23)24)28-18(13)26-11-27-19/h3-7,11,15,17H,8,10H2,1-2H3,(H2,26,27,28,29)/t15?,17-/m0/s1. The fourth-order valence-corrected chi connectivity index (χ4v) is 3.35. The van der Waals surface area contributed by atoms with E-state index in [1.807, 2.05) is 24.3 Å². The van der Waals surface area contributed by atoms with Crippen LogP contribution in [0.1, 0.15) is 31.1 Å². The summed E-state index contributed by atoms with van der Waals surface area (Å²) in [4.78, 5) is 10.4. The molecule has 1 aliphatic rings. The van der Waals surface area contributed by atoms with E-state index in [1.54, 1.807) is 13.8 Å². The Hall–Kier alpha value is -3.32. The summed E-state index contributed by atoms with van der Waals surface area (Å²) in [6.45, 7) is 3.91. The molecule has 1 aromatic carbocycles. The number of rotatable bonds is 5. The Balaban J connectivity index is 1.69. The first kappa shape index (κ1) is 20.9. The topological polar surface area (TPSA) is 95.8 Å². The van der Waals surface area contributed by atoms with Crippen LogP contribution in [0.5, 0.6) is 5.75 Å². The van der Waals surface area contributed by atoms with Crippen molar-refractivity contribution < 1.29 is 22.6 Å². The van der Waals surface area contributed by atoms with Crippen LogP contribution in [0.25, 0.3) is 11.0 Å². The maximum atomic E-state index is 13.2. The second-order valence-corrected chi connectivity index (χ2v) is 7.98. The highest BCUT2D eigenvalue weighted by molar-refractivity contribution is 5.88. The number of aromatic amines is 1. The number of hydrogen-bond donors (Lipinski definition) is 2. The molecule has 0 bridgehead atoms. The predicted octanol–water partition coefficient (Wildman–Crippen LogP) is 4.46. The molecular formula is C21H20F3N5O2. The minimum absolute atomic E-state index is 0.0771. The second kappa shape index (κ2) is 7.74. The van der Waals surface area contributed by atoms with Gasteiger partial charge in [-0.3, -0.25) is 0 Å². The summed E-state index contributed by atoms with van der Waals surface area (Å²) in [6.07, 6.45) is -3.83. The van der Waals surface area contributed by atoms with E-state index in [4.69, 9.17) is 9.47 Å². The summed E-state index contributed by atoms with van der Waals surface area (Å²) in [5.74, 6) is 0.890. The molecule has 31 heavy (non-hydrogen) atoms. The van der Waals surface area contributed by atoms with Crippen LogP contribution >= 0.6 is 0 Å². The molecule has 0 aliphatic carbocycles. The molecule has 3 heterocycles. The molecule has 1 unspecified atom stereocenters. The fraction of sp³-hybridized carbons (Fsp3) is 0.381. The molecule has 4 rings (SSSR count). The average Bonchev–Trinajstić information content (AvgIpc) is 3.19. The van der Waals surface area contributed by atoms with Gasteiger partial charge < -0.3 is 19.8 Å². The highest BCUT2D eigenvalue weighted by Crippen LogP contribution is 2.38. The summed E-state index contributed by atoms with van der Waals surface area (Å²) in [6, 6.07) is 10.1. The Morgan fingerprint density at radius 2 is 2.06 bits per heavy atom. The summed E-state index contributed by atoms with van der Waals surface area (Å²) >= 11 is 0. The van der Waals surface area contributed by atoms with Gasteiger partial charge in [-0.05, 0) is 26.0 Å². The average molecular weight is 431 g/mol. The molecule has 2 N–H and O–H groups in total. The molecule has 1 aliphatic heterocycles. The molecule has 0 fully saturated rings. The number of alkyl halides is 3. The lowest BCUT2D eigenvalue weighted by Crippen LogP contribution is -2.39. The Morgan fingerprint density at radius 3 is 2.81 bits per heavy atom. The number of H-pyrrole nitrogens is 1. The molecule has 10 heteroatoms. The summed E-state index contributed by atoms with van der Waals surface area (Å²) in [5, 5.41) is 12.7. The monoisotopic (exact) mass is 431 g/mol. The van der Waals surface area contributed by atoms with Gasteiger partial charge in [0.15, 0.2) is 0 Å². The zero-order valence-corrected chi connectivity index (χ0v) is 16.8. The zero-order valence-electron chi connectivity index (χ0n) is 16.8. The summed E-state index contributed by atoms with van der Waals surface area (Å²) < 4.78 is 51.3. The fourth-order valence-electron chi connectivity index (χ4n) is 3.35. The van der Waals surface area contributed by atoms with E-state index < -0.39 is 29.4 Å². The summed E-state index contributed by atoms with van der Waals surface area (Å²) in [7, 11) is 0. The van der Waals surface area contributed by atoms with E-state index in [1.165, 1.54) is 6.33 Å². The first-order valence-electron chi connectivity index (χ1n) is 9.60. The van der Waals surface area contributed by atoms with Crippen LogP contribution in [0, 0.1) is 16.7 Å². The van der Waals surface area contributed by atoms with Crippen molar-refractivity contribution in [1.82, 2.24) is 15.0 Å². The van der Waals surface area contributed by atoms with Crippen LogP contribution in [-0.4, -0.2) is 34.3 Å². The Bertz CT molecular complexity index is 1140. The molecule has 0 saturated heterocycles. The van der Waals surface area contributed by atoms with Gasteiger partial charge in [0.2, 0.25) is 0 Å². The number of aromatic nitrogens is 3. The van der Waals surface area contributed by atoms with Gasteiger partial charge in [0.05, 0.1) is 29.5 Å². The van der Waals surface area contributed by atoms with Crippen LogP contribution in [-0.2, 0) is 10.9 Å². The first-order valence-corrected chi connectivity index (χ1v) is 9.60. The smallest absolute Gasteiger partial charge is 0.431 e. The number of benzene rings is 1. The van der Waals surface area contributed by atoms with E-state index in [9.17, 15) is 18.4 Å². The van der Waals surface area contributed by atoms with Crippen LogP contribution < -0.4 is 10.1 Å². The highest BCUT2D eigenvalue weighted by atomic mass is 19.4. The number of nitrogens with zero attached hydrogens (tertiary/aromatic N) is 3. The number of hydrogen-bond acceptors (Lipinski definition) is 6. The van der Waals surface area contributed by atoms with Crippen LogP contribution in [0.15, 0.2) is 36.7 Å². The number of nitrogens with one attached hydrogen (secondary N) is 2. The van der Waals surface area contributed by atoms with Crippen molar-refractivity contribution in [2.45, 2.75) is 32.2 Å². The predicted molar refractivity (Wildman–Crippen MR) is 106 cm³/mol. The van der Waals surface area contributed by atoms with Gasteiger partial charge in [0.25, 0.3) is 0 Å². The van der Waals surface area contributed by atoms with Gasteiger partial charge in [-0.2, -0.15) is 18.4 Å². The zero-order chi connectivity index (χ0) is 22.2. The minimum atomic E-state index is -4.53. The Morgan fingerprint density at radius 1 is 1.29 bits per heavy atom. The van der Waals surface area contributed by atoms with Crippen LogP contribution in [0.2, 0.25) is 0 Å². The van der Waals surface area contributed by atoms with Gasteiger partial charge in [-0.15, -0.1) is 0 Å². The van der Waals surface area contributed by atoms with Crippen LogP contribution in [0.4, 0.5) is 19.0 Å². The van der Waals surface area contributed by atoms with Crippen molar-refractivity contribution in [3.63, 3.8) is 0 Å². The lowest BCUT2D eigenvalue weighted by Gasteiger charge is -2.35. The van der Waals surface area contributed by atoms with Crippen molar-refractivity contribution in [2.24, 2.45) is 5.41 Å². The van der Waals surface area contributed by atoms with Gasteiger partial charge in [-0.25, -0.2) is 9.97 Å². The molecule has 0 spiro atoms. The molecule has 7 nitrogen and oxygen atoms in total. The normalized spacial score (nSPS) is 18.8. The van der Waals surface area contributed by atoms with Gasteiger partial charge in [-0.1, -0.05) is 18.2 Å². The number of para-hydroxylation sites is 1. The van der Waals surface area contributed by atoms with Crippen molar-refractivity contribution in [1.29, 1.82) is 5.26 Å². The minimum Gasteiger partial charge on any atom is -0.490 e. The maximum absolute atomic E-state index is 13.2. The third kappa shape index (κ3) is 4.27. The molecular weight excluding hydrogens is 411 g/mol. The first-order chi connectivity index (χ1) is 14.7. The largest absolute Gasteiger partial charge is 0.490 e. The van der Waals surface area contributed by atoms with Gasteiger partial charge in [0.1, 0.15) is 41.9 Å². The lowest BCUT2D eigenvalue weighted by atomic mass is 9.95. The van der Waals surface area contributed by atoms with Gasteiger partial charge in [0, 0.05) is 5.56 Å². The molecule has 0 amide bonds. The molecule has 162 valence electrons. The third-order valence-electron chi connectivity index (χ3n) is 5.01. The van der Waals surface area contributed by atoms with E-state index in [-0.39, 0.29) is 30.1 Å². The molecule has 2 atom stereocenters. The number of nitriles is 1. The van der Waals surface area contributed by atoms with Crippen molar-refractivity contribution in [2.75, 3.05) is 18.5 Å². The lowest BCUT2D eigenvalue weighted by molar-refractivity contribution is -0.140. The van der Waals surface area contributed by atoms with Crippen LogP contribution in [0.3, 0.4) is 0 Å². The summed E-state index contributed by atoms with van der Waals surface area (Å²) in [5.41, 5.74) is -0.742. The van der Waals surface area contributed by atoms with E-state index in [0.29, 0.717) is 5.75 Å². The highest BCUT2D eigenvalue weighted by Gasteiger charge is 2.36. The molecule has 2 aromatic heterocycles. The third-order valence-corrected chi connectivity index (χ3v) is 5.01. The molecule has 3 aromatic rings. The molecule has 0 saturated carbocycles. The number of ether oxygens (including phenoxy) is 2. The van der Waals surface area contributed by atoms with E-state index in [2.05, 4.69) is 26.3 Å². The number of fused-ring (bicyclic) bond motifs is 2. The SMILES string of the molecule is CC(C)(C#N)COC1COc2ccccc2[C@@H]1Nc1ncnc2[nH]c(C(F)(F)F)cc12. The van der Waals surface area contributed by atoms with Crippen molar-refractivity contribution >= 4 is 16.9 Å². The Kier molecular flexibility index (Phi) is 5.23. The number of halogens is 3. The number of anilines is 1.